The Bertz CT molecular complexity index is 466. The van der Waals surface area contributed by atoms with E-state index in [9.17, 15) is 9.18 Å². The molecule has 6 heteroatoms. The third-order valence-corrected chi connectivity index (χ3v) is 3.11. The Morgan fingerprint density at radius 2 is 2.19 bits per heavy atom. The van der Waals surface area contributed by atoms with E-state index in [4.69, 9.17) is 4.74 Å². The Morgan fingerprint density at radius 1 is 1.48 bits per heavy atom. The SMILES string of the molecule is CCCNc1ncc(F)cc1C(=O)NC(COC)C(C)C. The minimum Gasteiger partial charge on any atom is -0.383 e. The smallest absolute Gasteiger partial charge is 0.255 e. The van der Waals surface area contributed by atoms with Crippen molar-refractivity contribution >= 4 is 11.7 Å². The summed E-state index contributed by atoms with van der Waals surface area (Å²) in [5.41, 5.74) is 0.213. The molecule has 2 N–H and O–H groups in total. The first-order valence-electron chi connectivity index (χ1n) is 7.18. The second-order valence-corrected chi connectivity index (χ2v) is 5.26. The molecule has 0 aliphatic rings. The van der Waals surface area contributed by atoms with E-state index in [2.05, 4.69) is 15.6 Å². The first kappa shape index (κ1) is 17.4. The van der Waals surface area contributed by atoms with E-state index in [0.717, 1.165) is 12.6 Å². The maximum atomic E-state index is 13.4. The van der Waals surface area contributed by atoms with Gasteiger partial charge in [-0.25, -0.2) is 9.37 Å². The van der Waals surface area contributed by atoms with Crippen LogP contribution in [0.4, 0.5) is 10.2 Å². The Labute approximate surface area is 125 Å². The molecule has 0 aromatic carbocycles. The summed E-state index contributed by atoms with van der Waals surface area (Å²) in [6.45, 7) is 7.06. The van der Waals surface area contributed by atoms with E-state index < -0.39 is 5.82 Å². The maximum absolute atomic E-state index is 13.4. The van der Waals surface area contributed by atoms with Crippen LogP contribution in [0.1, 0.15) is 37.6 Å². The fourth-order valence-electron chi connectivity index (χ4n) is 1.82. The molecule has 0 bridgehead atoms. The van der Waals surface area contributed by atoms with E-state index >= 15 is 0 Å². The van der Waals surface area contributed by atoms with Crippen LogP contribution in [-0.4, -0.2) is 37.2 Å². The maximum Gasteiger partial charge on any atom is 0.255 e. The van der Waals surface area contributed by atoms with E-state index in [-0.39, 0.29) is 23.4 Å². The van der Waals surface area contributed by atoms with Gasteiger partial charge in [0, 0.05) is 13.7 Å². The highest BCUT2D eigenvalue weighted by Gasteiger charge is 2.20. The van der Waals surface area contributed by atoms with E-state index in [1.54, 1.807) is 7.11 Å². The zero-order valence-corrected chi connectivity index (χ0v) is 13.1. The number of ether oxygens (including phenoxy) is 1. The van der Waals surface area contributed by atoms with Crippen molar-refractivity contribution in [3.8, 4) is 0 Å². The van der Waals surface area contributed by atoms with Crippen LogP contribution < -0.4 is 10.6 Å². The molecule has 1 rings (SSSR count). The fourth-order valence-corrected chi connectivity index (χ4v) is 1.82. The van der Waals surface area contributed by atoms with E-state index in [1.807, 2.05) is 20.8 Å². The molecule has 5 nitrogen and oxygen atoms in total. The average Bonchev–Trinajstić information content (AvgIpc) is 2.45. The van der Waals surface area contributed by atoms with Crippen LogP contribution in [-0.2, 0) is 4.74 Å². The van der Waals surface area contributed by atoms with Gasteiger partial charge >= 0.3 is 0 Å². The number of carbonyl (C=O) groups is 1. The molecule has 0 saturated heterocycles. The summed E-state index contributed by atoms with van der Waals surface area (Å²) in [6, 6.07) is 1.06. The normalized spacial score (nSPS) is 12.3. The first-order chi connectivity index (χ1) is 9.99. The third-order valence-electron chi connectivity index (χ3n) is 3.11. The van der Waals surface area contributed by atoms with Crippen molar-refractivity contribution in [2.24, 2.45) is 5.92 Å². The largest absolute Gasteiger partial charge is 0.383 e. The molecule has 1 aromatic heterocycles. The van der Waals surface area contributed by atoms with Gasteiger partial charge in [0.1, 0.15) is 11.6 Å². The Kier molecular flexibility index (Phi) is 7.08. The highest BCUT2D eigenvalue weighted by Crippen LogP contribution is 2.15. The lowest BCUT2D eigenvalue weighted by atomic mass is 10.0. The lowest BCUT2D eigenvalue weighted by Gasteiger charge is -2.22. The highest BCUT2D eigenvalue weighted by molar-refractivity contribution is 5.98. The number of aromatic nitrogens is 1. The molecule has 1 unspecified atom stereocenters. The van der Waals surface area contributed by atoms with Gasteiger partial charge in [-0.2, -0.15) is 0 Å². The van der Waals surface area contributed by atoms with Gasteiger partial charge in [-0.3, -0.25) is 4.79 Å². The predicted octanol–water partition coefficient (Wildman–Crippen LogP) is 2.44. The van der Waals surface area contributed by atoms with Crippen LogP contribution in [0.15, 0.2) is 12.3 Å². The second kappa shape index (κ2) is 8.56. The van der Waals surface area contributed by atoms with Gasteiger partial charge in [-0.15, -0.1) is 0 Å². The Morgan fingerprint density at radius 3 is 2.76 bits per heavy atom. The number of carbonyl (C=O) groups excluding carboxylic acids is 1. The summed E-state index contributed by atoms with van der Waals surface area (Å²) in [6.07, 6.45) is 1.99. The van der Waals surface area contributed by atoms with Gasteiger partial charge in [-0.05, 0) is 18.4 Å². The molecule has 1 amide bonds. The number of hydrogen-bond acceptors (Lipinski definition) is 4. The molecule has 0 saturated carbocycles. The Hall–Kier alpha value is -1.69. The molecule has 0 aliphatic heterocycles. The number of methoxy groups -OCH3 is 1. The summed E-state index contributed by atoms with van der Waals surface area (Å²) in [7, 11) is 1.58. The van der Waals surface area contributed by atoms with Gasteiger partial charge in [0.2, 0.25) is 0 Å². The molecule has 0 spiro atoms. The predicted molar refractivity (Wildman–Crippen MR) is 80.9 cm³/mol. The molecule has 1 aromatic rings. The summed E-state index contributed by atoms with van der Waals surface area (Å²) in [5, 5.41) is 5.90. The van der Waals surface area contributed by atoms with Crippen molar-refractivity contribution in [1.29, 1.82) is 0 Å². The van der Waals surface area contributed by atoms with Gasteiger partial charge < -0.3 is 15.4 Å². The van der Waals surface area contributed by atoms with Gasteiger partial charge in [0.05, 0.1) is 24.4 Å². The minimum absolute atomic E-state index is 0.134. The van der Waals surface area contributed by atoms with Crippen molar-refractivity contribution in [2.45, 2.75) is 33.2 Å². The minimum atomic E-state index is -0.532. The van der Waals surface area contributed by atoms with Crippen molar-refractivity contribution < 1.29 is 13.9 Å². The number of amides is 1. The van der Waals surface area contributed by atoms with Crippen molar-refractivity contribution in [2.75, 3.05) is 25.6 Å². The second-order valence-electron chi connectivity index (χ2n) is 5.26. The molecule has 0 radical (unpaired) electrons. The van der Waals surface area contributed by atoms with Crippen molar-refractivity contribution in [3.05, 3.63) is 23.6 Å². The number of hydrogen-bond donors (Lipinski definition) is 2. The first-order valence-corrected chi connectivity index (χ1v) is 7.18. The summed E-state index contributed by atoms with van der Waals surface area (Å²) < 4.78 is 18.5. The van der Waals surface area contributed by atoms with Crippen LogP contribution >= 0.6 is 0 Å². The zero-order valence-electron chi connectivity index (χ0n) is 13.1. The van der Waals surface area contributed by atoms with Crippen LogP contribution in [0, 0.1) is 11.7 Å². The lowest BCUT2D eigenvalue weighted by Crippen LogP contribution is -2.42. The summed E-state index contributed by atoms with van der Waals surface area (Å²) >= 11 is 0. The number of rotatable bonds is 8. The number of halogens is 1. The highest BCUT2D eigenvalue weighted by atomic mass is 19.1. The molecule has 1 heterocycles. The van der Waals surface area contributed by atoms with E-state index in [0.29, 0.717) is 19.0 Å². The molecule has 0 fully saturated rings. The van der Waals surface area contributed by atoms with Crippen LogP contribution in [0.2, 0.25) is 0 Å². The molecular formula is C15H24FN3O2. The third kappa shape index (κ3) is 5.30. The quantitative estimate of drug-likeness (QED) is 0.773. The lowest BCUT2D eigenvalue weighted by molar-refractivity contribution is 0.0866. The number of nitrogens with one attached hydrogen (secondary N) is 2. The molecule has 0 aliphatic carbocycles. The standard InChI is InChI=1S/C15H24FN3O2/c1-5-6-17-14-12(7-11(16)8-18-14)15(20)19-13(9-21-4)10(2)3/h7-8,10,13H,5-6,9H2,1-4H3,(H,17,18)(H,19,20). The van der Waals surface area contributed by atoms with Gasteiger partial charge in [0.25, 0.3) is 5.91 Å². The van der Waals surface area contributed by atoms with Crippen LogP contribution in [0.25, 0.3) is 0 Å². The molecule has 21 heavy (non-hydrogen) atoms. The number of pyridine rings is 1. The monoisotopic (exact) mass is 297 g/mol. The molecular weight excluding hydrogens is 273 g/mol. The van der Waals surface area contributed by atoms with E-state index in [1.165, 1.54) is 6.07 Å². The van der Waals surface area contributed by atoms with Gasteiger partial charge in [0.15, 0.2) is 0 Å². The van der Waals surface area contributed by atoms with Crippen molar-refractivity contribution in [3.63, 3.8) is 0 Å². The van der Waals surface area contributed by atoms with Crippen LogP contribution in [0.5, 0.6) is 0 Å². The zero-order chi connectivity index (χ0) is 15.8. The van der Waals surface area contributed by atoms with Crippen LogP contribution in [0.3, 0.4) is 0 Å². The number of anilines is 1. The average molecular weight is 297 g/mol. The molecule has 118 valence electrons. The Balaban J connectivity index is 2.91. The molecule has 1 atom stereocenters. The topological polar surface area (TPSA) is 63.2 Å². The number of nitrogens with zero attached hydrogens (tertiary/aromatic N) is 1. The summed E-state index contributed by atoms with van der Waals surface area (Å²) in [4.78, 5) is 16.3. The van der Waals surface area contributed by atoms with Crippen molar-refractivity contribution in [1.82, 2.24) is 10.3 Å². The van der Waals surface area contributed by atoms with Gasteiger partial charge in [-0.1, -0.05) is 20.8 Å². The fraction of sp³-hybridized carbons (Fsp3) is 0.600. The summed E-state index contributed by atoms with van der Waals surface area (Å²) in [5.74, 6) is -0.274.